The van der Waals surface area contributed by atoms with Gasteiger partial charge in [-0.2, -0.15) is 0 Å². The lowest BCUT2D eigenvalue weighted by molar-refractivity contribution is 0.173. The summed E-state index contributed by atoms with van der Waals surface area (Å²) in [6.45, 7) is 4.51. The Morgan fingerprint density at radius 2 is 2.54 bits per heavy atom. The van der Waals surface area contributed by atoms with Gasteiger partial charge < -0.3 is 15.0 Å². The summed E-state index contributed by atoms with van der Waals surface area (Å²) in [5.74, 6) is 1.16. The Bertz CT molecular complexity index is 284. The van der Waals surface area contributed by atoms with Gasteiger partial charge in [0.25, 0.3) is 0 Å². The first-order chi connectivity index (χ1) is 6.33. The lowest BCUT2D eigenvalue weighted by Gasteiger charge is -2.13. The molecule has 1 aromatic rings. The summed E-state index contributed by atoms with van der Waals surface area (Å²) in [5, 5.41) is 12.8. The van der Waals surface area contributed by atoms with Crippen LogP contribution < -0.4 is 5.32 Å². The van der Waals surface area contributed by atoms with Gasteiger partial charge in [-0.3, -0.25) is 0 Å². The topological polar surface area (TPSA) is 50.1 Å². The lowest BCUT2D eigenvalue weighted by Crippen LogP contribution is -2.19. The molecule has 0 aromatic carbocycles. The van der Waals surface area contributed by atoms with E-state index in [1.165, 1.54) is 0 Å². The van der Waals surface area contributed by atoms with Crippen molar-refractivity contribution in [1.29, 1.82) is 0 Å². The van der Waals surface area contributed by atoms with Gasteiger partial charge in [0.15, 0.2) is 0 Å². The predicted octanol–water partition coefficient (Wildman–Crippen LogP) is -0.0493. The van der Waals surface area contributed by atoms with Crippen LogP contribution in [0.2, 0.25) is 0 Å². The molecule has 0 bridgehead atoms. The number of aliphatic hydroxyl groups is 1. The van der Waals surface area contributed by atoms with Gasteiger partial charge in [-0.05, 0) is 6.92 Å². The van der Waals surface area contributed by atoms with E-state index in [1.807, 2.05) is 6.20 Å². The molecule has 0 saturated carbocycles. The average Bonchev–Trinajstić information content (AvgIpc) is 2.71. The monoisotopic (exact) mass is 181 g/mol. The fourth-order valence-electron chi connectivity index (χ4n) is 1.85. The maximum absolute atomic E-state index is 9.66. The number of nitrogens with one attached hydrogen (secondary N) is 1. The molecular weight excluding hydrogens is 166 g/mol. The molecular formula is C9H15N3O. The number of aliphatic hydroxyl groups excluding tert-OH is 1. The predicted molar refractivity (Wildman–Crippen MR) is 49.5 cm³/mol. The van der Waals surface area contributed by atoms with Crippen molar-refractivity contribution in [2.75, 3.05) is 13.1 Å². The number of β-amino-alcohol motifs (C(OH)–C–C–N with tert-alkyl or cyclic N) is 1. The quantitative estimate of drug-likeness (QED) is 0.672. The summed E-state index contributed by atoms with van der Waals surface area (Å²) in [5.41, 5.74) is 0. The SMILES string of the molecule is CCn1ccnc1C1CNCC1O. The van der Waals surface area contributed by atoms with E-state index in [-0.39, 0.29) is 12.0 Å². The standard InChI is InChI=1S/C9H15N3O/c1-2-12-4-3-11-9(12)7-5-10-6-8(7)13/h3-4,7-8,10,13H,2,5-6H2,1H3. The molecule has 0 aliphatic carbocycles. The second-order valence-corrected chi connectivity index (χ2v) is 3.40. The summed E-state index contributed by atoms with van der Waals surface area (Å²) >= 11 is 0. The number of hydrogen-bond donors (Lipinski definition) is 2. The van der Waals surface area contributed by atoms with Crippen molar-refractivity contribution in [3.63, 3.8) is 0 Å². The van der Waals surface area contributed by atoms with Gasteiger partial charge in [0.2, 0.25) is 0 Å². The third-order valence-electron chi connectivity index (χ3n) is 2.60. The molecule has 2 N–H and O–H groups in total. The minimum absolute atomic E-state index is 0.162. The number of hydrogen-bond acceptors (Lipinski definition) is 3. The molecule has 72 valence electrons. The van der Waals surface area contributed by atoms with Gasteiger partial charge in [-0.15, -0.1) is 0 Å². The minimum atomic E-state index is -0.285. The molecule has 0 spiro atoms. The molecule has 2 unspecified atom stereocenters. The van der Waals surface area contributed by atoms with Gasteiger partial charge in [-0.25, -0.2) is 4.98 Å². The molecule has 2 rings (SSSR count). The fourth-order valence-corrected chi connectivity index (χ4v) is 1.85. The Kier molecular flexibility index (Phi) is 2.33. The fraction of sp³-hybridized carbons (Fsp3) is 0.667. The van der Waals surface area contributed by atoms with Crippen LogP contribution in [0.3, 0.4) is 0 Å². The van der Waals surface area contributed by atoms with E-state index >= 15 is 0 Å². The van der Waals surface area contributed by atoms with E-state index in [1.54, 1.807) is 6.20 Å². The van der Waals surface area contributed by atoms with Crippen LogP contribution in [0.25, 0.3) is 0 Å². The Morgan fingerprint density at radius 1 is 1.69 bits per heavy atom. The molecule has 0 radical (unpaired) electrons. The highest BCUT2D eigenvalue weighted by molar-refractivity contribution is 5.07. The molecule has 13 heavy (non-hydrogen) atoms. The van der Waals surface area contributed by atoms with Gasteiger partial charge in [-0.1, -0.05) is 0 Å². The second-order valence-electron chi connectivity index (χ2n) is 3.40. The summed E-state index contributed by atoms with van der Waals surface area (Å²) in [6, 6.07) is 0. The van der Waals surface area contributed by atoms with E-state index in [2.05, 4.69) is 21.8 Å². The Labute approximate surface area is 77.6 Å². The van der Waals surface area contributed by atoms with Crippen LogP contribution in [-0.4, -0.2) is 33.9 Å². The van der Waals surface area contributed by atoms with E-state index in [9.17, 15) is 5.11 Å². The van der Waals surface area contributed by atoms with Crippen LogP contribution in [0.4, 0.5) is 0 Å². The Morgan fingerprint density at radius 3 is 3.15 bits per heavy atom. The van der Waals surface area contributed by atoms with Crippen LogP contribution in [0, 0.1) is 0 Å². The molecule has 2 heterocycles. The zero-order valence-electron chi connectivity index (χ0n) is 7.77. The molecule has 4 heteroatoms. The highest BCUT2D eigenvalue weighted by Crippen LogP contribution is 2.20. The van der Waals surface area contributed by atoms with E-state index in [4.69, 9.17) is 0 Å². The van der Waals surface area contributed by atoms with Crippen LogP contribution in [0.1, 0.15) is 18.7 Å². The number of rotatable bonds is 2. The van der Waals surface area contributed by atoms with Crippen molar-refractivity contribution in [1.82, 2.24) is 14.9 Å². The molecule has 4 nitrogen and oxygen atoms in total. The Hall–Kier alpha value is -0.870. The van der Waals surface area contributed by atoms with Crippen molar-refractivity contribution in [2.24, 2.45) is 0 Å². The molecule has 0 amide bonds. The van der Waals surface area contributed by atoms with Gasteiger partial charge >= 0.3 is 0 Å². The number of nitrogens with zero attached hydrogens (tertiary/aromatic N) is 2. The Balaban J connectivity index is 2.23. The third-order valence-corrected chi connectivity index (χ3v) is 2.60. The first-order valence-electron chi connectivity index (χ1n) is 4.72. The van der Waals surface area contributed by atoms with Gasteiger partial charge in [0, 0.05) is 32.0 Å². The second kappa shape index (κ2) is 3.47. The summed E-state index contributed by atoms with van der Waals surface area (Å²) in [7, 11) is 0. The highest BCUT2D eigenvalue weighted by Gasteiger charge is 2.29. The van der Waals surface area contributed by atoms with Crippen molar-refractivity contribution in [3.05, 3.63) is 18.2 Å². The van der Waals surface area contributed by atoms with E-state index in [0.717, 1.165) is 18.9 Å². The van der Waals surface area contributed by atoms with Gasteiger partial charge in [0.05, 0.1) is 12.0 Å². The van der Waals surface area contributed by atoms with Crippen LogP contribution in [0.5, 0.6) is 0 Å². The van der Waals surface area contributed by atoms with Crippen molar-refractivity contribution < 1.29 is 5.11 Å². The number of aromatic nitrogens is 2. The minimum Gasteiger partial charge on any atom is -0.391 e. The molecule has 1 saturated heterocycles. The smallest absolute Gasteiger partial charge is 0.115 e. The van der Waals surface area contributed by atoms with Crippen molar-refractivity contribution >= 4 is 0 Å². The van der Waals surface area contributed by atoms with Crippen LogP contribution >= 0.6 is 0 Å². The van der Waals surface area contributed by atoms with Crippen molar-refractivity contribution in [3.8, 4) is 0 Å². The first kappa shape index (κ1) is 8.72. The van der Waals surface area contributed by atoms with Gasteiger partial charge in [0.1, 0.15) is 5.82 Å². The maximum atomic E-state index is 9.66. The maximum Gasteiger partial charge on any atom is 0.115 e. The molecule has 2 atom stereocenters. The zero-order chi connectivity index (χ0) is 9.26. The molecule has 1 fully saturated rings. The summed E-state index contributed by atoms with van der Waals surface area (Å²) in [6.07, 6.45) is 3.47. The van der Waals surface area contributed by atoms with Crippen molar-refractivity contribution in [2.45, 2.75) is 25.5 Å². The molecule has 1 aliphatic heterocycles. The van der Waals surface area contributed by atoms with Crippen LogP contribution in [-0.2, 0) is 6.54 Å². The van der Waals surface area contributed by atoms with E-state index in [0.29, 0.717) is 6.54 Å². The summed E-state index contributed by atoms with van der Waals surface area (Å²) in [4.78, 5) is 4.28. The number of aryl methyl sites for hydroxylation is 1. The summed E-state index contributed by atoms with van der Waals surface area (Å²) < 4.78 is 2.08. The first-order valence-corrected chi connectivity index (χ1v) is 4.72. The third kappa shape index (κ3) is 1.47. The lowest BCUT2D eigenvalue weighted by atomic mass is 10.1. The van der Waals surface area contributed by atoms with Crippen LogP contribution in [0.15, 0.2) is 12.4 Å². The molecule has 1 aromatic heterocycles. The molecule has 1 aliphatic rings. The largest absolute Gasteiger partial charge is 0.391 e. The highest BCUT2D eigenvalue weighted by atomic mass is 16.3. The average molecular weight is 181 g/mol. The zero-order valence-corrected chi connectivity index (χ0v) is 7.77. The van der Waals surface area contributed by atoms with E-state index < -0.39 is 0 Å². The normalized spacial score (nSPS) is 28.2. The number of imidazole rings is 1.